The fraction of sp³-hybridized carbons (Fsp3) is 0.304. The highest BCUT2D eigenvalue weighted by Crippen LogP contribution is 2.19. The van der Waals surface area contributed by atoms with Gasteiger partial charge >= 0.3 is 0 Å². The van der Waals surface area contributed by atoms with E-state index < -0.39 is 0 Å². The number of hydrogen-bond donors (Lipinski definition) is 3. The van der Waals surface area contributed by atoms with E-state index in [-0.39, 0.29) is 24.8 Å². The number of amides is 2. The molecule has 1 atom stereocenters. The second-order valence-corrected chi connectivity index (χ2v) is 8.15. The highest BCUT2D eigenvalue weighted by atomic mass is 35.5. The van der Waals surface area contributed by atoms with E-state index in [1.165, 1.54) is 21.0 Å². The molecule has 0 spiro atoms. The first-order valence-electron chi connectivity index (χ1n) is 10.3. The normalized spacial score (nSPS) is 18.3. The quantitative estimate of drug-likeness (QED) is 0.651. The summed E-state index contributed by atoms with van der Waals surface area (Å²) in [5, 5.41) is 4.99. The Morgan fingerprint density at radius 3 is 2.70 bits per heavy atom. The Morgan fingerprint density at radius 1 is 1.13 bits per heavy atom. The molecule has 0 saturated carbocycles. The lowest BCUT2D eigenvalue weighted by Gasteiger charge is -2.29. The zero-order chi connectivity index (χ0) is 20.9. The molecule has 0 bridgehead atoms. The molecule has 2 amide bonds. The van der Waals surface area contributed by atoms with Crippen molar-refractivity contribution in [2.24, 2.45) is 0 Å². The second-order valence-electron chi connectivity index (χ2n) is 7.72. The second kappa shape index (κ2) is 9.32. The van der Waals surface area contributed by atoms with Gasteiger partial charge in [0.15, 0.2) is 0 Å². The number of benzene rings is 2. The van der Waals surface area contributed by atoms with E-state index in [1.54, 1.807) is 12.1 Å². The van der Waals surface area contributed by atoms with Gasteiger partial charge in [0, 0.05) is 23.4 Å². The summed E-state index contributed by atoms with van der Waals surface area (Å²) in [6.07, 6.45) is 3.17. The molecule has 1 unspecified atom stereocenters. The first kappa shape index (κ1) is 20.4. The molecule has 30 heavy (non-hydrogen) atoms. The zero-order valence-corrected chi connectivity index (χ0v) is 17.5. The lowest BCUT2D eigenvalue weighted by Crippen LogP contribution is -3.12. The van der Waals surface area contributed by atoms with Gasteiger partial charge in [-0.05, 0) is 29.3 Å². The third-order valence-electron chi connectivity index (χ3n) is 5.60. The average Bonchev–Trinajstić information content (AvgIpc) is 2.76. The Bertz CT molecular complexity index is 958. The van der Waals surface area contributed by atoms with Crippen LogP contribution >= 0.6 is 11.6 Å². The fourth-order valence-electron chi connectivity index (χ4n) is 3.93. The summed E-state index contributed by atoms with van der Waals surface area (Å²) in [6, 6.07) is 15.9. The first-order chi connectivity index (χ1) is 14.6. The lowest BCUT2D eigenvalue weighted by molar-refractivity contribution is -0.914. The number of fused-ring (bicyclic) bond motifs is 1. The van der Waals surface area contributed by atoms with Crippen molar-refractivity contribution in [3.63, 3.8) is 0 Å². The molecule has 2 aromatic carbocycles. The number of hydrazine groups is 1. The third-order valence-corrected chi connectivity index (χ3v) is 5.85. The Kier molecular flexibility index (Phi) is 6.35. The van der Waals surface area contributed by atoms with Gasteiger partial charge in [0.1, 0.15) is 13.1 Å². The Morgan fingerprint density at radius 2 is 1.90 bits per heavy atom. The maximum absolute atomic E-state index is 12.4. The maximum Gasteiger partial charge on any atom is 0.245 e. The van der Waals surface area contributed by atoms with Gasteiger partial charge in [0.05, 0.1) is 25.3 Å². The van der Waals surface area contributed by atoms with E-state index in [2.05, 4.69) is 35.0 Å². The van der Waals surface area contributed by atoms with Crippen LogP contribution in [0.15, 0.2) is 54.6 Å². The van der Waals surface area contributed by atoms with E-state index in [0.29, 0.717) is 11.6 Å². The summed E-state index contributed by atoms with van der Waals surface area (Å²) >= 11 is 5.94. The molecule has 0 saturated heterocycles. The monoisotopic (exact) mass is 425 g/mol. The van der Waals surface area contributed by atoms with Crippen molar-refractivity contribution in [2.45, 2.75) is 19.4 Å². The molecule has 7 heteroatoms. The molecule has 0 radical (unpaired) electrons. The number of quaternary nitrogens is 1. The summed E-state index contributed by atoms with van der Waals surface area (Å²) in [5.41, 5.74) is 7.61. The molecule has 0 fully saturated rings. The first-order valence-corrected chi connectivity index (χ1v) is 10.7. The number of halogens is 1. The van der Waals surface area contributed by atoms with Gasteiger partial charge in [-0.15, -0.1) is 0 Å². The van der Waals surface area contributed by atoms with Crippen molar-refractivity contribution in [1.82, 2.24) is 15.8 Å². The number of carbonyl (C=O) groups excluding carboxylic acids is 2. The molecule has 4 rings (SSSR count). The van der Waals surface area contributed by atoms with Crippen LogP contribution in [-0.4, -0.2) is 43.0 Å². The molecule has 0 aromatic heterocycles. The topological polar surface area (TPSA) is 65.9 Å². The molecule has 156 valence electrons. The average molecular weight is 426 g/mol. The van der Waals surface area contributed by atoms with Crippen LogP contribution < -0.4 is 15.6 Å². The van der Waals surface area contributed by atoms with Crippen LogP contribution in [0, 0.1) is 0 Å². The third kappa shape index (κ3) is 5.01. The van der Waals surface area contributed by atoms with Crippen LogP contribution in [0.2, 0.25) is 5.02 Å². The van der Waals surface area contributed by atoms with Crippen LogP contribution in [-0.2, 0) is 22.6 Å². The zero-order valence-electron chi connectivity index (χ0n) is 16.8. The number of nitrogens with zero attached hydrogens (tertiary/aromatic N) is 1. The molecular weight excluding hydrogens is 400 g/mol. The van der Waals surface area contributed by atoms with Gasteiger partial charge in [-0.25, -0.2) is 5.01 Å². The Hall–Kier alpha value is -2.83. The minimum absolute atomic E-state index is 0.0120. The van der Waals surface area contributed by atoms with Crippen molar-refractivity contribution >= 4 is 29.1 Å². The van der Waals surface area contributed by atoms with E-state index in [1.807, 2.05) is 18.2 Å². The van der Waals surface area contributed by atoms with Crippen molar-refractivity contribution in [1.29, 1.82) is 0 Å². The van der Waals surface area contributed by atoms with E-state index in [0.717, 1.165) is 37.3 Å². The van der Waals surface area contributed by atoms with E-state index in [9.17, 15) is 9.59 Å². The van der Waals surface area contributed by atoms with Crippen molar-refractivity contribution in [2.75, 3.05) is 26.2 Å². The summed E-state index contributed by atoms with van der Waals surface area (Å²) in [7, 11) is 0. The minimum Gasteiger partial charge on any atom is -0.349 e. The van der Waals surface area contributed by atoms with Gasteiger partial charge in [-0.3, -0.25) is 15.0 Å². The number of hydrogen-bond acceptors (Lipinski definition) is 3. The predicted octanol–water partition coefficient (Wildman–Crippen LogP) is 1.18. The van der Waals surface area contributed by atoms with Gasteiger partial charge < -0.3 is 10.2 Å². The largest absolute Gasteiger partial charge is 0.349 e. The van der Waals surface area contributed by atoms with Crippen LogP contribution in [0.25, 0.3) is 5.70 Å². The SMILES string of the molecule is O=C(CN1NC(c2ccc(Cl)cc2)=CCC1=O)NCC[NH+]1CCc2ccccc2C1. The van der Waals surface area contributed by atoms with Gasteiger partial charge in [0.25, 0.3) is 0 Å². The molecular formula is C23H26ClN4O2+. The summed E-state index contributed by atoms with van der Waals surface area (Å²) in [5.74, 6) is -0.286. The van der Waals surface area contributed by atoms with Gasteiger partial charge in [-0.1, -0.05) is 48.0 Å². The molecule has 2 aliphatic rings. The van der Waals surface area contributed by atoms with Crippen LogP contribution in [0.1, 0.15) is 23.1 Å². The number of carbonyl (C=O) groups is 2. The van der Waals surface area contributed by atoms with Crippen LogP contribution in [0.3, 0.4) is 0 Å². The molecule has 2 aromatic rings. The maximum atomic E-state index is 12.4. The Labute approximate surface area is 181 Å². The highest BCUT2D eigenvalue weighted by Gasteiger charge is 2.23. The van der Waals surface area contributed by atoms with Crippen LogP contribution in [0.5, 0.6) is 0 Å². The summed E-state index contributed by atoms with van der Waals surface area (Å²) < 4.78 is 0. The van der Waals surface area contributed by atoms with Crippen molar-refractivity contribution < 1.29 is 14.5 Å². The lowest BCUT2D eigenvalue weighted by atomic mass is 10.00. The minimum atomic E-state index is -0.162. The molecule has 3 N–H and O–H groups in total. The number of rotatable bonds is 6. The standard InChI is InChI=1S/C23H25ClN4O2/c24-20-7-5-18(6-8-20)21-9-10-23(30)28(26-21)16-22(29)25-12-14-27-13-11-17-3-1-2-4-19(17)15-27/h1-9,26H,10-16H2,(H,25,29)/p+1. The Balaban J connectivity index is 1.24. The number of nitrogens with one attached hydrogen (secondary N) is 3. The molecule has 0 aliphatic carbocycles. The van der Waals surface area contributed by atoms with Gasteiger partial charge in [0.2, 0.25) is 11.8 Å². The smallest absolute Gasteiger partial charge is 0.245 e. The van der Waals surface area contributed by atoms with E-state index in [4.69, 9.17) is 11.6 Å². The predicted molar refractivity (Wildman–Crippen MR) is 116 cm³/mol. The molecule has 2 heterocycles. The molecule has 2 aliphatic heterocycles. The molecule has 6 nitrogen and oxygen atoms in total. The highest BCUT2D eigenvalue weighted by molar-refractivity contribution is 6.30. The summed E-state index contributed by atoms with van der Waals surface area (Å²) in [4.78, 5) is 26.1. The summed E-state index contributed by atoms with van der Waals surface area (Å²) in [6.45, 7) is 3.53. The van der Waals surface area contributed by atoms with Gasteiger partial charge in [-0.2, -0.15) is 0 Å². The van der Waals surface area contributed by atoms with Crippen molar-refractivity contribution in [3.8, 4) is 0 Å². The van der Waals surface area contributed by atoms with Crippen LogP contribution in [0.4, 0.5) is 0 Å². The fourth-order valence-corrected chi connectivity index (χ4v) is 4.05. The van der Waals surface area contributed by atoms with E-state index >= 15 is 0 Å². The van der Waals surface area contributed by atoms with Crippen molar-refractivity contribution in [3.05, 3.63) is 76.3 Å².